The molecule has 1 aliphatic carbocycles. The summed E-state index contributed by atoms with van der Waals surface area (Å²) in [7, 11) is 0. The zero-order valence-electron chi connectivity index (χ0n) is 11.9. The molecule has 0 spiro atoms. The van der Waals surface area contributed by atoms with E-state index in [1.54, 1.807) is 11.4 Å². The van der Waals surface area contributed by atoms with Gasteiger partial charge in [0, 0.05) is 10.9 Å². The number of carbonyl (C=O) groups is 1. The number of aromatic nitrogens is 1. The van der Waals surface area contributed by atoms with Crippen molar-refractivity contribution in [2.45, 2.75) is 12.8 Å². The first-order valence-corrected chi connectivity index (χ1v) is 9.38. The van der Waals surface area contributed by atoms with E-state index in [1.807, 2.05) is 0 Å². The maximum Gasteiger partial charge on any atom is 0.236 e. The van der Waals surface area contributed by atoms with E-state index in [4.69, 9.17) is 16.3 Å². The van der Waals surface area contributed by atoms with Crippen LogP contribution in [0.5, 0.6) is 5.75 Å². The van der Waals surface area contributed by atoms with Gasteiger partial charge in [0.1, 0.15) is 0 Å². The lowest BCUT2D eigenvalue weighted by Gasteiger charge is -2.10. The summed E-state index contributed by atoms with van der Waals surface area (Å²) in [5, 5.41) is 5.23. The van der Waals surface area contributed by atoms with Crippen LogP contribution in [-0.4, -0.2) is 22.8 Å². The van der Waals surface area contributed by atoms with E-state index in [1.165, 1.54) is 17.4 Å². The van der Waals surface area contributed by atoms with Crippen LogP contribution in [0.25, 0.3) is 11.3 Å². The number of amides is 1. The van der Waals surface area contributed by atoms with Gasteiger partial charge in [0.05, 0.1) is 22.7 Å². The Morgan fingerprint density at radius 1 is 1.52 bits per heavy atom. The number of hydrogen-bond donors (Lipinski definition) is 1. The molecule has 1 aromatic carbocycles. The van der Waals surface area contributed by atoms with Crippen molar-refractivity contribution in [3.63, 3.8) is 0 Å². The van der Waals surface area contributed by atoms with E-state index in [0.29, 0.717) is 28.9 Å². The first-order valence-electron chi connectivity index (χ1n) is 7.00. The standard InChI is InChI=1S/C15H13BrClFN2O2S/c16-5-13(21)20-15-19-12(7-23-15)9-3-10(17)14(11(18)4-9)22-6-8-1-2-8/h3-4,7-8H,1-2,5-6H2,(H,19,20,21). The summed E-state index contributed by atoms with van der Waals surface area (Å²) >= 11 is 10.5. The highest BCUT2D eigenvalue weighted by Gasteiger charge is 2.23. The van der Waals surface area contributed by atoms with Crippen molar-refractivity contribution in [1.29, 1.82) is 0 Å². The molecule has 0 saturated heterocycles. The van der Waals surface area contributed by atoms with Crippen LogP contribution >= 0.6 is 38.9 Å². The van der Waals surface area contributed by atoms with Crippen LogP contribution in [0.2, 0.25) is 5.02 Å². The summed E-state index contributed by atoms with van der Waals surface area (Å²) in [6.07, 6.45) is 2.25. The van der Waals surface area contributed by atoms with Crippen molar-refractivity contribution >= 4 is 49.9 Å². The van der Waals surface area contributed by atoms with Crippen LogP contribution in [-0.2, 0) is 4.79 Å². The zero-order valence-corrected chi connectivity index (χ0v) is 15.1. The first kappa shape index (κ1) is 16.7. The molecule has 1 heterocycles. The molecule has 1 fully saturated rings. The number of rotatable bonds is 6. The molecular formula is C15H13BrClFN2O2S. The molecular weight excluding hydrogens is 407 g/mol. The minimum absolute atomic E-state index is 0.0883. The summed E-state index contributed by atoms with van der Waals surface area (Å²) in [5.74, 6) is -0.0965. The van der Waals surface area contributed by atoms with Gasteiger partial charge in [-0.25, -0.2) is 9.37 Å². The topological polar surface area (TPSA) is 51.2 Å². The molecule has 1 N–H and O–H groups in total. The molecule has 0 unspecified atom stereocenters. The lowest BCUT2D eigenvalue weighted by Crippen LogP contribution is -2.11. The predicted molar refractivity (Wildman–Crippen MR) is 93.2 cm³/mol. The highest BCUT2D eigenvalue weighted by atomic mass is 79.9. The molecule has 1 amide bonds. The van der Waals surface area contributed by atoms with Gasteiger partial charge in [-0.3, -0.25) is 4.79 Å². The van der Waals surface area contributed by atoms with E-state index in [-0.39, 0.29) is 22.0 Å². The second-order valence-corrected chi connectivity index (χ2v) is 7.07. The molecule has 0 atom stereocenters. The van der Waals surface area contributed by atoms with E-state index in [0.717, 1.165) is 12.8 Å². The zero-order chi connectivity index (χ0) is 16.4. The Labute approximate surface area is 150 Å². The number of hydrogen-bond acceptors (Lipinski definition) is 4. The van der Waals surface area contributed by atoms with Gasteiger partial charge in [-0.2, -0.15) is 0 Å². The summed E-state index contributed by atoms with van der Waals surface area (Å²) in [6, 6.07) is 2.97. The SMILES string of the molecule is O=C(CBr)Nc1nc(-c2cc(F)c(OCC3CC3)c(Cl)c2)cs1. The molecule has 23 heavy (non-hydrogen) atoms. The minimum Gasteiger partial charge on any atom is -0.489 e. The lowest BCUT2D eigenvalue weighted by atomic mass is 10.1. The monoisotopic (exact) mass is 418 g/mol. The largest absolute Gasteiger partial charge is 0.489 e. The Kier molecular flexibility index (Phi) is 5.18. The average Bonchev–Trinajstić information content (AvgIpc) is 3.23. The van der Waals surface area contributed by atoms with Crippen molar-refractivity contribution in [3.8, 4) is 17.0 Å². The summed E-state index contributed by atoms with van der Waals surface area (Å²) in [5.41, 5.74) is 1.09. The smallest absolute Gasteiger partial charge is 0.236 e. The van der Waals surface area contributed by atoms with Crippen LogP contribution in [0.3, 0.4) is 0 Å². The molecule has 0 radical (unpaired) electrons. The van der Waals surface area contributed by atoms with E-state index in [9.17, 15) is 9.18 Å². The molecule has 0 aliphatic heterocycles. The fourth-order valence-corrected chi connectivity index (χ4v) is 3.09. The van der Waals surface area contributed by atoms with Gasteiger partial charge in [0.25, 0.3) is 0 Å². The molecule has 2 aromatic rings. The van der Waals surface area contributed by atoms with Gasteiger partial charge in [0.2, 0.25) is 5.91 Å². The number of ether oxygens (including phenoxy) is 1. The molecule has 3 rings (SSSR count). The molecule has 1 aromatic heterocycles. The van der Waals surface area contributed by atoms with Crippen LogP contribution in [0.1, 0.15) is 12.8 Å². The lowest BCUT2D eigenvalue weighted by molar-refractivity contribution is -0.113. The van der Waals surface area contributed by atoms with Crippen molar-refractivity contribution in [3.05, 3.63) is 28.4 Å². The highest BCUT2D eigenvalue weighted by molar-refractivity contribution is 9.09. The Balaban J connectivity index is 1.78. The normalized spacial score (nSPS) is 13.9. The molecule has 8 heteroatoms. The van der Waals surface area contributed by atoms with Gasteiger partial charge >= 0.3 is 0 Å². The fourth-order valence-electron chi connectivity index (χ4n) is 1.95. The number of thiazole rings is 1. The van der Waals surface area contributed by atoms with Crippen molar-refractivity contribution in [2.75, 3.05) is 17.3 Å². The van der Waals surface area contributed by atoms with E-state index >= 15 is 0 Å². The third-order valence-corrected chi connectivity index (χ3v) is 4.87. The summed E-state index contributed by atoms with van der Waals surface area (Å²) < 4.78 is 19.7. The average molecular weight is 420 g/mol. The van der Waals surface area contributed by atoms with Gasteiger partial charge in [-0.1, -0.05) is 27.5 Å². The van der Waals surface area contributed by atoms with Crippen molar-refractivity contribution < 1.29 is 13.9 Å². The van der Waals surface area contributed by atoms with Gasteiger partial charge in [-0.15, -0.1) is 11.3 Å². The number of benzene rings is 1. The van der Waals surface area contributed by atoms with Gasteiger partial charge in [0.15, 0.2) is 16.7 Å². The number of halogens is 3. The molecule has 122 valence electrons. The minimum atomic E-state index is -0.507. The van der Waals surface area contributed by atoms with Crippen LogP contribution in [0, 0.1) is 11.7 Å². The number of anilines is 1. The Bertz CT molecular complexity index is 713. The van der Waals surface area contributed by atoms with Gasteiger partial charge in [-0.05, 0) is 30.9 Å². The third-order valence-electron chi connectivity index (χ3n) is 3.33. The summed E-state index contributed by atoms with van der Waals surface area (Å²) in [6.45, 7) is 0.495. The Hall–Kier alpha value is -1.18. The van der Waals surface area contributed by atoms with Crippen molar-refractivity contribution in [2.24, 2.45) is 5.92 Å². The first-order chi connectivity index (χ1) is 11.1. The quantitative estimate of drug-likeness (QED) is 0.689. The van der Waals surface area contributed by atoms with E-state index in [2.05, 4.69) is 26.2 Å². The van der Waals surface area contributed by atoms with Crippen LogP contribution in [0.4, 0.5) is 9.52 Å². The fraction of sp³-hybridized carbons (Fsp3) is 0.333. The number of nitrogens with zero attached hydrogens (tertiary/aromatic N) is 1. The Morgan fingerprint density at radius 3 is 2.96 bits per heavy atom. The molecule has 1 saturated carbocycles. The molecule has 4 nitrogen and oxygen atoms in total. The maximum atomic E-state index is 14.2. The number of carbonyl (C=O) groups excluding carboxylic acids is 1. The third kappa shape index (κ3) is 4.22. The second-order valence-electron chi connectivity index (χ2n) is 5.24. The van der Waals surface area contributed by atoms with Crippen molar-refractivity contribution in [1.82, 2.24) is 4.98 Å². The predicted octanol–water partition coefficient (Wildman–Crippen LogP) is 4.72. The van der Waals surface area contributed by atoms with Gasteiger partial charge < -0.3 is 10.1 Å². The molecule has 0 bridgehead atoms. The maximum absolute atomic E-state index is 14.2. The number of nitrogens with one attached hydrogen (secondary N) is 1. The highest BCUT2D eigenvalue weighted by Crippen LogP contribution is 2.36. The second kappa shape index (κ2) is 7.15. The van der Waals surface area contributed by atoms with Crippen LogP contribution < -0.4 is 10.1 Å². The van der Waals surface area contributed by atoms with E-state index < -0.39 is 5.82 Å². The van der Waals surface area contributed by atoms with Crippen LogP contribution in [0.15, 0.2) is 17.5 Å². The molecule has 1 aliphatic rings. The number of alkyl halides is 1. The Morgan fingerprint density at radius 2 is 2.30 bits per heavy atom. The summed E-state index contributed by atoms with van der Waals surface area (Å²) in [4.78, 5) is 15.6.